The summed E-state index contributed by atoms with van der Waals surface area (Å²) in [5, 5.41) is 11.1. The molecule has 0 aromatic carbocycles. The highest BCUT2D eigenvalue weighted by molar-refractivity contribution is 5.97. The largest absolute Gasteiger partial charge is 0.313 e. The van der Waals surface area contributed by atoms with Crippen LogP contribution in [0.4, 0.5) is 0 Å². The molecule has 0 aliphatic heterocycles. The van der Waals surface area contributed by atoms with Crippen molar-refractivity contribution >= 4 is 11.4 Å². The number of fused-ring (bicyclic) bond motifs is 1. The number of ketones is 1. The lowest BCUT2D eigenvalue weighted by atomic mass is 10.1. The molecule has 5 nitrogen and oxygen atoms in total. The molecule has 2 heterocycles. The molecule has 2 rings (SSSR count). The van der Waals surface area contributed by atoms with E-state index >= 15 is 0 Å². The first-order valence-electron chi connectivity index (χ1n) is 5.66. The highest BCUT2D eigenvalue weighted by Gasteiger charge is 2.11. The molecule has 0 amide bonds. The van der Waals surface area contributed by atoms with Gasteiger partial charge in [-0.25, -0.2) is 0 Å². The van der Waals surface area contributed by atoms with Gasteiger partial charge in [-0.2, -0.15) is 0 Å². The summed E-state index contributed by atoms with van der Waals surface area (Å²) in [7, 11) is 1.76. The molecule has 0 bridgehead atoms. The van der Waals surface area contributed by atoms with Crippen molar-refractivity contribution in [3.05, 3.63) is 29.7 Å². The van der Waals surface area contributed by atoms with E-state index in [-0.39, 0.29) is 11.7 Å². The molecular formula is C12H16N4O. The van der Waals surface area contributed by atoms with E-state index in [2.05, 4.69) is 29.4 Å². The minimum absolute atomic E-state index is 0.0674. The van der Waals surface area contributed by atoms with Gasteiger partial charge in [0.25, 0.3) is 0 Å². The Labute approximate surface area is 99.9 Å². The van der Waals surface area contributed by atoms with Crippen LogP contribution in [0.3, 0.4) is 0 Å². The van der Waals surface area contributed by atoms with Crippen molar-refractivity contribution in [2.45, 2.75) is 19.8 Å². The van der Waals surface area contributed by atoms with Crippen LogP contribution in [0.1, 0.15) is 35.9 Å². The fourth-order valence-electron chi connectivity index (χ4n) is 1.73. The lowest BCUT2D eigenvalue weighted by Crippen LogP contribution is -2.18. The van der Waals surface area contributed by atoms with E-state index in [1.54, 1.807) is 13.1 Å². The van der Waals surface area contributed by atoms with Gasteiger partial charge in [0.1, 0.15) is 5.82 Å². The third kappa shape index (κ3) is 2.19. The van der Waals surface area contributed by atoms with Gasteiger partial charge in [-0.15, -0.1) is 10.2 Å². The first-order valence-corrected chi connectivity index (χ1v) is 5.66. The fourth-order valence-corrected chi connectivity index (χ4v) is 1.73. The Balaban J connectivity index is 2.47. The number of likely N-dealkylation sites (N-methyl/N-ethyl adjacent to an activating group) is 1. The van der Waals surface area contributed by atoms with Crippen molar-refractivity contribution in [2.75, 3.05) is 13.6 Å². The van der Waals surface area contributed by atoms with Crippen LogP contribution >= 0.6 is 0 Å². The Morgan fingerprint density at radius 3 is 2.82 bits per heavy atom. The molecule has 2 aromatic heterocycles. The van der Waals surface area contributed by atoms with Crippen LogP contribution in [0.15, 0.2) is 18.3 Å². The Kier molecular flexibility index (Phi) is 3.19. The molecule has 0 spiro atoms. The SMILES string of the molecule is CNCC(=O)c1ccc2nnc(C(C)C)n2c1. The van der Waals surface area contributed by atoms with Crippen molar-refractivity contribution in [3.8, 4) is 0 Å². The molecule has 0 atom stereocenters. The van der Waals surface area contributed by atoms with E-state index < -0.39 is 0 Å². The Bertz CT molecular complexity index is 544. The number of Topliss-reactive ketones (excluding diaryl/α,β-unsaturated/α-hetero) is 1. The van der Waals surface area contributed by atoms with Crippen LogP contribution < -0.4 is 5.32 Å². The smallest absolute Gasteiger partial charge is 0.178 e. The topological polar surface area (TPSA) is 59.3 Å². The van der Waals surface area contributed by atoms with Crippen LogP contribution in [-0.2, 0) is 0 Å². The zero-order chi connectivity index (χ0) is 12.4. The van der Waals surface area contributed by atoms with E-state index in [4.69, 9.17) is 0 Å². The first kappa shape index (κ1) is 11.7. The number of pyridine rings is 1. The predicted molar refractivity (Wildman–Crippen MR) is 65.3 cm³/mol. The minimum atomic E-state index is 0.0674. The van der Waals surface area contributed by atoms with Crippen molar-refractivity contribution < 1.29 is 4.79 Å². The summed E-state index contributed by atoms with van der Waals surface area (Å²) in [6, 6.07) is 3.61. The second-order valence-corrected chi connectivity index (χ2v) is 4.31. The third-order valence-electron chi connectivity index (χ3n) is 2.60. The number of hydrogen-bond donors (Lipinski definition) is 1. The molecule has 5 heteroatoms. The summed E-state index contributed by atoms with van der Waals surface area (Å²) in [6.07, 6.45) is 1.81. The Morgan fingerprint density at radius 1 is 1.41 bits per heavy atom. The number of hydrogen-bond acceptors (Lipinski definition) is 4. The molecule has 0 aliphatic carbocycles. The number of rotatable bonds is 4. The molecule has 1 N–H and O–H groups in total. The molecule has 90 valence electrons. The van der Waals surface area contributed by atoms with Crippen LogP contribution in [0.25, 0.3) is 5.65 Å². The summed E-state index contributed by atoms with van der Waals surface area (Å²) < 4.78 is 1.88. The van der Waals surface area contributed by atoms with E-state index in [1.807, 2.05) is 16.7 Å². The molecule has 0 unspecified atom stereocenters. The summed E-state index contributed by atoms with van der Waals surface area (Å²) in [5.74, 6) is 1.22. The average Bonchev–Trinajstić information content (AvgIpc) is 2.71. The van der Waals surface area contributed by atoms with E-state index in [9.17, 15) is 4.79 Å². The Hall–Kier alpha value is -1.75. The third-order valence-corrected chi connectivity index (χ3v) is 2.60. The normalized spacial score (nSPS) is 11.3. The second-order valence-electron chi connectivity index (χ2n) is 4.31. The average molecular weight is 232 g/mol. The fraction of sp³-hybridized carbons (Fsp3) is 0.417. The van der Waals surface area contributed by atoms with Crippen molar-refractivity contribution in [1.82, 2.24) is 19.9 Å². The van der Waals surface area contributed by atoms with E-state index in [0.29, 0.717) is 12.1 Å². The predicted octanol–water partition coefficient (Wildman–Crippen LogP) is 1.25. The quantitative estimate of drug-likeness (QED) is 0.806. The van der Waals surface area contributed by atoms with Crippen LogP contribution in [-0.4, -0.2) is 34.0 Å². The lowest BCUT2D eigenvalue weighted by molar-refractivity contribution is 0.0993. The van der Waals surface area contributed by atoms with Gasteiger partial charge in [0.2, 0.25) is 0 Å². The van der Waals surface area contributed by atoms with E-state index in [1.165, 1.54) is 0 Å². The van der Waals surface area contributed by atoms with Crippen molar-refractivity contribution in [2.24, 2.45) is 0 Å². The molecule has 0 radical (unpaired) electrons. The van der Waals surface area contributed by atoms with Gasteiger partial charge in [0.15, 0.2) is 11.4 Å². The van der Waals surface area contributed by atoms with Gasteiger partial charge < -0.3 is 5.32 Å². The Morgan fingerprint density at radius 2 is 2.18 bits per heavy atom. The number of aromatic nitrogens is 3. The molecule has 2 aromatic rings. The molecule has 0 saturated heterocycles. The molecular weight excluding hydrogens is 216 g/mol. The van der Waals surface area contributed by atoms with Crippen LogP contribution in [0, 0.1) is 0 Å². The maximum atomic E-state index is 11.8. The molecule has 17 heavy (non-hydrogen) atoms. The van der Waals surface area contributed by atoms with E-state index in [0.717, 1.165) is 11.5 Å². The van der Waals surface area contributed by atoms with Gasteiger partial charge in [-0.1, -0.05) is 13.8 Å². The zero-order valence-electron chi connectivity index (χ0n) is 10.3. The van der Waals surface area contributed by atoms with Crippen LogP contribution in [0.5, 0.6) is 0 Å². The van der Waals surface area contributed by atoms with Crippen LogP contribution in [0.2, 0.25) is 0 Å². The molecule has 0 fully saturated rings. The summed E-state index contributed by atoms with van der Waals surface area (Å²) in [6.45, 7) is 4.45. The molecule has 0 saturated carbocycles. The number of carbonyl (C=O) groups is 1. The summed E-state index contributed by atoms with van der Waals surface area (Å²) >= 11 is 0. The standard InChI is InChI=1S/C12H16N4O/c1-8(2)12-15-14-11-5-4-9(7-16(11)12)10(17)6-13-3/h4-5,7-8,13H,6H2,1-3H3. The van der Waals surface area contributed by atoms with Gasteiger partial charge >= 0.3 is 0 Å². The minimum Gasteiger partial charge on any atom is -0.313 e. The van der Waals surface area contributed by atoms with Gasteiger partial charge in [0, 0.05) is 17.7 Å². The second kappa shape index (κ2) is 4.63. The number of nitrogens with zero attached hydrogens (tertiary/aromatic N) is 3. The maximum absolute atomic E-state index is 11.8. The van der Waals surface area contributed by atoms with Crippen molar-refractivity contribution in [1.29, 1.82) is 0 Å². The first-order chi connectivity index (χ1) is 8.13. The monoisotopic (exact) mass is 232 g/mol. The summed E-state index contributed by atoms with van der Waals surface area (Å²) in [4.78, 5) is 11.8. The summed E-state index contributed by atoms with van der Waals surface area (Å²) in [5.41, 5.74) is 1.45. The number of carbonyl (C=O) groups excluding carboxylic acids is 1. The van der Waals surface area contributed by atoms with Crippen molar-refractivity contribution in [3.63, 3.8) is 0 Å². The van der Waals surface area contributed by atoms with Gasteiger partial charge in [-0.3, -0.25) is 9.20 Å². The highest BCUT2D eigenvalue weighted by Crippen LogP contribution is 2.14. The zero-order valence-corrected chi connectivity index (χ0v) is 10.3. The maximum Gasteiger partial charge on any atom is 0.178 e. The lowest BCUT2D eigenvalue weighted by Gasteiger charge is -2.05. The number of nitrogens with one attached hydrogen (secondary N) is 1. The highest BCUT2D eigenvalue weighted by atomic mass is 16.1. The molecule has 0 aliphatic rings. The van der Waals surface area contributed by atoms with Gasteiger partial charge in [-0.05, 0) is 19.2 Å². The van der Waals surface area contributed by atoms with Gasteiger partial charge in [0.05, 0.1) is 6.54 Å².